The number of carbonyl (C=O) groups excluding carboxylic acids is 10. The fourth-order valence-corrected chi connectivity index (χ4v) is 17.6. The van der Waals surface area contributed by atoms with Crippen molar-refractivity contribution in [3.63, 3.8) is 0 Å². The second-order valence-corrected chi connectivity index (χ2v) is 33.2. The smallest absolute Gasteiger partial charge is 0.410 e. The number of ether oxygens (including phenoxy) is 3. The lowest BCUT2D eigenvalue weighted by Crippen LogP contribution is -2.60. The molecule has 2 heterocycles. The minimum Gasteiger partial charge on any atom is -0.445 e. The van der Waals surface area contributed by atoms with Crippen LogP contribution in [0.3, 0.4) is 0 Å². The molecule has 11 amide bonds. The quantitative estimate of drug-likeness (QED) is 0.0226. The molecule has 2 aromatic carbocycles. The Morgan fingerprint density at radius 1 is 0.690 bits per heavy atom. The molecule has 0 spiro atoms. The number of nitrogens with one attached hydrogen (secondary N) is 6. The molecule has 0 aromatic heterocycles. The molecule has 1 saturated carbocycles. The Hall–Kier alpha value is -7.43. The third-order valence-corrected chi connectivity index (χ3v) is 24.3. The Morgan fingerprint density at radius 3 is 1.89 bits per heavy atom. The zero-order valence-corrected chi connectivity index (χ0v) is 70.6. The minimum atomic E-state index is -4.78. The molecule has 638 valence electrons. The number of imide groups is 1. The van der Waals surface area contributed by atoms with Crippen molar-refractivity contribution in [2.75, 3.05) is 53.3 Å². The number of urea groups is 1. The molecular weight excluding hydrogens is 1460 g/mol. The number of halogens is 3. The number of aliphatic hydroxyl groups excluding tert-OH is 1. The molecule has 3 fully saturated rings. The standard InChI is InChI=1S/C85H138F3N11O14/c1-18-45-84(56(11)20-3,61-36-28-22-21-23-29-37-61)63-49-68(100)99(80(63)107)47-31-25-30-40-67(85(86,87)88)94-70(52(4)5)78(105)93-64(38-32-46-90-82(89)109)77(104)92-62-43-41-59(42-44-62)51-113-83(110)97(15)72(54(8)9)79(106)95-71(53(6)7)81(108)96(14)73(55(10)19-2)66(111-16)50-69(101)98-48-33-39-65(98)75(112-17)57(12)76(103)91-58(13)74(102)60-34-26-24-27-35-60/h24,26-27,34-35,41-44,52-58,61,63-67,70-75,94,102H,18-23,25,28-33,36-40,45-51H2,1-17H3,(H,91,103)(H,92,104)(H,93,105)(H,95,106)(H3,89,90,109)/t55-,56?,57+,58+,63?,64-,65-,66+,67-,70-,71-,72-,73-,74+,75+,84?/m0/s1. The first-order valence-electron chi connectivity index (χ1n) is 41.7. The van der Waals surface area contributed by atoms with Crippen molar-refractivity contribution in [1.82, 2.24) is 46.2 Å². The predicted octanol–water partition coefficient (Wildman–Crippen LogP) is 12.1. The summed E-state index contributed by atoms with van der Waals surface area (Å²) in [5.74, 6) is -5.99. The van der Waals surface area contributed by atoms with Crippen LogP contribution in [0.2, 0.25) is 0 Å². The molecule has 25 nitrogen and oxygen atoms in total. The third kappa shape index (κ3) is 26.8. The van der Waals surface area contributed by atoms with Crippen molar-refractivity contribution in [3.8, 4) is 0 Å². The molecule has 2 saturated heterocycles. The summed E-state index contributed by atoms with van der Waals surface area (Å²) in [5, 5.41) is 27.3. The van der Waals surface area contributed by atoms with Crippen molar-refractivity contribution in [2.24, 2.45) is 58.5 Å². The number of amides is 11. The molecule has 113 heavy (non-hydrogen) atoms. The van der Waals surface area contributed by atoms with Gasteiger partial charge in [-0.25, -0.2) is 9.59 Å². The number of hydrogen-bond donors (Lipinski definition) is 8. The van der Waals surface area contributed by atoms with Gasteiger partial charge >= 0.3 is 18.3 Å². The first-order chi connectivity index (χ1) is 53.4. The number of anilines is 1. The van der Waals surface area contributed by atoms with Gasteiger partial charge in [-0.1, -0.05) is 190 Å². The van der Waals surface area contributed by atoms with Gasteiger partial charge in [0.25, 0.3) is 0 Å². The molecule has 0 radical (unpaired) electrons. The van der Waals surface area contributed by atoms with Crippen molar-refractivity contribution in [1.29, 1.82) is 0 Å². The van der Waals surface area contributed by atoms with E-state index in [2.05, 4.69) is 52.7 Å². The number of likely N-dealkylation sites (tertiary alicyclic amines) is 2. The maximum absolute atomic E-state index is 15.0. The van der Waals surface area contributed by atoms with Crippen LogP contribution in [-0.4, -0.2) is 199 Å². The predicted molar refractivity (Wildman–Crippen MR) is 430 cm³/mol. The maximum atomic E-state index is 15.0. The fourth-order valence-electron chi connectivity index (χ4n) is 17.6. The number of alkyl halides is 3. The van der Waals surface area contributed by atoms with Gasteiger partial charge in [-0.05, 0) is 129 Å². The van der Waals surface area contributed by atoms with Crippen molar-refractivity contribution in [2.45, 2.75) is 304 Å². The number of benzene rings is 2. The summed E-state index contributed by atoms with van der Waals surface area (Å²) in [6.07, 6.45) is 4.66. The van der Waals surface area contributed by atoms with E-state index < -0.39 is 145 Å². The Bertz CT molecular complexity index is 3350. The van der Waals surface area contributed by atoms with Crippen LogP contribution in [0.1, 0.15) is 242 Å². The highest BCUT2D eigenvalue weighted by Gasteiger charge is 2.56. The lowest BCUT2D eigenvalue weighted by Gasteiger charge is -2.49. The van der Waals surface area contributed by atoms with E-state index in [1.54, 1.807) is 91.6 Å². The number of primary amides is 1. The molecule has 3 aliphatic rings. The van der Waals surface area contributed by atoms with E-state index in [9.17, 15) is 66.2 Å². The van der Waals surface area contributed by atoms with Crippen LogP contribution < -0.4 is 37.6 Å². The number of rotatable bonds is 45. The van der Waals surface area contributed by atoms with Crippen molar-refractivity contribution in [3.05, 3.63) is 65.7 Å². The Kier molecular flexibility index (Phi) is 39.4. The number of methoxy groups -OCH3 is 2. The summed E-state index contributed by atoms with van der Waals surface area (Å²) >= 11 is 0. The second kappa shape index (κ2) is 46.3. The lowest BCUT2D eigenvalue weighted by atomic mass is 9.54. The van der Waals surface area contributed by atoms with E-state index in [4.69, 9.17) is 19.9 Å². The molecule has 5 rings (SSSR count). The normalized spacial score (nSPS) is 19.9. The van der Waals surface area contributed by atoms with Crippen LogP contribution in [0.25, 0.3) is 0 Å². The Labute approximate surface area is 670 Å². The molecule has 3 unspecified atom stereocenters. The van der Waals surface area contributed by atoms with Gasteiger partial charge in [0, 0.05) is 60.1 Å². The van der Waals surface area contributed by atoms with Crippen LogP contribution in [0.15, 0.2) is 54.6 Å². The fraction of sp³-hybridized carbons (Fsp3) is 0.741. The van der Waals surface area contributed by atoms with Crippen LogP contribution >= 0.6 is 0 Å². The van der Waals surface area contributed by atoms with Crippen LogP contribution in [0, 0.1) is 52.8 Å². The molecule has 2 aliphatic heterocycles. The summed E-state index contributed by atoms with van der Waals surface area (Å²) in [6.45, 7) is 24.4. The number of nitrogens with two attached hydrogens (primary N) is 1. The van der Waals surface area contributed by atoms with Gasteiger partial charge in [-0.15, -0.1) is 0 Å². The molecule has 9 N–H and O–H groups in total. The Balaban J connectivity index is 1.19. The third-order valence-electron chi connectivity index (χ3n) is 24.3. The van der Waals surface area contributed by atoms with Gasteiger partial charge in [-0.2, -0.15) is 13.2 Å². The molecule has 1 aliphatic carbocycles. The molecule has 28 heteroatoms. The van der Waals surface area contributed by atoms with E-state index >= 15 is 0 Å². The molecule has 2 aromatic rings. The summed E-state index contributed by atoms with van der Waals surface area (Å²) in [7, 11) is 6.03. The second-order valence-electron chi connectivity index (χ2n) is 33.2. The van der Waals surface area contributed by atoms with E-state index in [1.165, 1.54) is 49.6 Å². The van der Waals surface area contributed by atoms with Crippen molar-refractivity contribution < 1.29 is 80.4 Å². The number of nitrogens with zero attached hydrogens (tertiary/aromatic N) is 4. The maximum Gasteiger partial charge on any atom is 0.410 e. The van der Waals surface area contributed by atoms with Crippen molar-refractivity contribution >= 4 is 65.1 Å². The number of likely N-dealkylation sites (N-methyl/N-ethyl adjacent to an activating group) is 2. The van der Waals surface area contributed by atoms with E-state index in [0.717, 1.165) is 62.7 Å². The zero-order valence-electron chi connectivity index (χ0n) is 70.6. The van der Waals surface area contributed by atoms with Gasteiger partial charge < -0.3 is 61.4 Å². The Morgan fingerprint density at radius 2 is 1.33 bits per heavy atom. The molecular formula is C85H138F3N11O14. The highest BCUT2D eigenvalue weighted by Crippen LogP contribution is 2.55. The van der Waals surface area contributed by atoms with Gasteiger partial charge in [0.2, 0.25) is 47.3 Å². The van der Waals surface area contributed by atoms with Gasteiger partial charge in [0.1, 0.15) is 30.8 Å². The lowest BCUT2D eigenvalue weighted by molar-refractivity contribution is -0.161. The highest BCUT2D eigenvalue weighted by molar-refractivity contribution is 6.04. The van der Waals surface area contributed by atoms with Gasteiger partial charge in [-0.3, -0.25) is 53.5 Å². The number of unbranched alkanes of at least 4 members (excludes halogenated alkanes) is 2. The zero-order chi connectivity index (χ0) is 84.2. The van der Waals surface area contributed by atoms with E-state index in [-0.39, 0.29) is 98.4 Å². The highest BCUT2D eigenvalue weighted by atomic mass is 19.4. The first-order valence-corrected chi connectivity index (χ1v) is 41.7. The van der Waals surface area contributed by atoms with Crippen LogP contribution in [0.5, 0.6) is 0 Å². The van der Waals surface area contributed by atoms with E-state index in [1.807, 2.05) is 32.0 Å². The number of aliphatic hydroxyl groups is 1. The first kappa shape index (κ1) is 96.2. The topological polar surface area (TPSA) is 330 Å². The molecule has 16 atom stereocenters. The minimum absolute atomic E-state index is 0.0201. The number of carbonyl (C=O) groups is 10. The average Bonchev–Trinajstić information content (AvgIpc) is 1.64. The van der Waals surface area contributed by atoms with Gasteiger partial charge in [0.05, 0.1) is 60.7 Å². The van der Waals surface area contributed by atoms with E-state index in [0.29, 0.717) is 55.7 Å². The SMILES string of the molecule is CCCC(C(C)CC)(C1CCCCCCC1)C1CC(=O)N(CCCCC[C@H](N[C@H](C(=O)N[C@@H](CCCNC(N)=O)C(=O)Nc2ccc(COC(=O)N(C)[C@H](C(=O)N[C@H](C(=O)N(C)[C@@H]([C@@H](C)CC)[C@@H](CC(=O)N3CCC[C@H]3[C@H](OC)[C@@H](C)C(=O)N[C@H](C)[C@@H](O)c3ccccc3)OC)C(C)C)C(C)C)cc2)C(C)C)C(F)(F)F)C1=O. The summed E-state index contributed by atoms with van der Waals surface area (Å²) in [4.78, 5) is 145. The monoisotopic (exact) mass is 1590 g/mol. The average molecular weight is 1600 g/mol. The van der Waals surface area contributed by atoms with Crippen LogP contribution in [-0.2, 0) is 59.2 Å². The van der Waals surface area contributed by atoms with Crippen LogP contribution in [0.4, 0.5) is 28.4 Å². The summed E-state index contributed by atoms with van der Waals surface area (Å²) in [5.41, 5.74) is 6.36. The molecule has 0 bridgehead atoms. The van der Waals surface area contributed by atoms with Gasteiger partial charge in [0.15, 0.2) is 0 Å². The number of hydrogen-bond acceptors (Lipinski definition) is 15. The summed E-state index contributed by atoms with van der Waals surface area (Å²) in [6, 6.07) is 5.61. The largest absolute Gasteiger partial charge is 0.445 e. The summed E-state index contributed by atoms with van der Waals surface area (Å²) < 4.78 is 62.7.